The number of carbonyl (C=O) groups is 1. The molecular weight excluding hydrogens is 234 g/mol. The molecule has 3 N–H and O–H groups in total. The Bertz CT molecular complexity index is 321. The van der Waals surface area contributed by atoms with E-state index in [2.05, 4.69) is 10.3 Å². The number of aryl methyl sites for hydroxylation is 2. The van der Waals surface area contributed by atoms with Crippen LogP contribution in [0.1, 0.15) is 17.5 Å². The second-order valence-electron chi connectivity index (χ2n) is 3.29. The van der Waals surface area contributed by atoms with E-state index < -0.39 is 0 Å². The number of carbonyl (C=O) groups excluding carboxylic acids is 1. The lowest BCUT2D eigenvalue weighted by molar-refractivity contribution is -0.119. The number of hydrogen-bond acceptors (Lipinski definition) is 4. The Morgan fingerprint density at radius 1 is 1.60 bits per heavy atom. The molecule has 0 saturated heterocycles. The summed E-state index contributed by atoms with van der Waals surface area (Å²) < 4.78 is 0. The van der Waals surface area contributed by atoms with Crippen LogP contribution in [0.2, 0.25) is 0 Å². The van der Waals surface area contributed by atoms with Gasteiger partial charge in [0.2, 0.25) is 5.91 Å². The van der Waals surface area contributed by atoms with Gasteiger partial charge in [-0.05, 0) is 13.8 Å². The highest BCUT2D eigenvalue weighted by Gasteiger charge is 2.13. The van der Waals surface area contributed by atoms with Crippen LogP contribution < -0.4 is 11.1 Å². The zero-order chi connectivity index (χ0) is 10.7. The summed E-state index contributed by atoms with van der Waals surface area (Å²) in [6.07, 6.45) is 0. The molecule has 0 aliphatic carbocycles. The molecule has 1 aromatic heterocycles. The number of anilines is 1. The molecule has 4 nitrogen and oxygen atoms in total. The van der Waals surface area contributed by atoms with E-state index in [1.165, 1.54) is 11.3 Å². The standard InChI is InChI=1S/C9H15N3OS.ClH/c1-5(4-10)8(13)12-9-11-6(2)7(3)14-9;/h5H,4,10H2,1-3H3,(H,11,12,13);1H. The molecule has 0 aromatic carbocycles. The summed E-state index contributed by atoms with van der Waals surface area (Å²) in [5.74, 6) is -0.235. The van der Waals surface area contributed by atoms with E-state index in [0.29, 0.717) is 11.7 Å². The predicted molar refractivity (Wildman–Crippen MR) is 65.7 cm³/mol. The highest BCUT2D eigenvalue weighted by molar-refractivity contribution is 7.15. The van der Waals surface area contributed by atoms with E-state index in [1.54, 1.807) is 6.92 Å². The molecule has 0 saturated carbocycles. The summed E-state index contributed by atoms with van der Waals surface area (Å²) in [6, 6.07) is 0. The van der Waals surface area contributed by atoms with Crippen molar-refractivity contribution in [3.05, 3.63) is 10.6 Å². The molecular formula is C9H16ClN3OS. The zero-order valence-electron chi connectivity index (χ0n) is 9.03. The van der Waals surface area contributed by atoms with Crippen LogP contribution >= 0.6 is 23.7 Å². The maximum absolute atomic E-state index is 11.4. The van der Waals surface area contributed by atoms with Crippen LogP contribution in [-0.2, 0) is 4.79 Å². The smallest absolute Gasteiger partial charge is 0.230 e. The molecule has 0 radical (unpaired) electrons. The molecule has 1 atom stereocenters. The van der Waals surface area contributed by atoms with Crippen LogP contribution in [0.3, 0.4) is 0 Å². The predicted octanol–water partition coefficient (Wildman–Crippen LogP) is 1.72. The monoisotopic (exact) mass is 249 g/mol. The Hall–Kier alpha value is -0.650. The van der Waals surface area contributed by atoms with Gasteiger partial charge in [0.15, 0.2) is 5.13 Å². The van der Waals surface area contributed by atoms with Gasteiger partial charge in [-0.25, -0.2) is 4.98 Å². The number of halogens is 1. The molecule has 0 aliphatic rings. The Labute approximate surface area is 99.7 Å². The fourth-order valence-electron chi connectivity index (χ4n) is 0.862. The van der Waals surface area contributed by atoms with Crippen molar-refractivity contribution in [2.75, 3.05) is 11.9 Å². The van der Waals surface area contributed by atoms with Gasteiger partial charge >= 0.3 is 0 Å². The molecule has 1 heterocycles. The molecule has 0 fully saturated rings. The first kappa shape index (κ1) is 14.3. The normalized spacial score (nSPS) is 11.7. The van der Waals surface area contributed by atoms with Crippen LogP contribution in [-0.4, -0.2) is 17.4 Å². The first-order valence-electron chi connectivity index (χ1n) is 4.49. The van der Waals surface area contributed by atoms with Crippen molar-refractivity contribution < 1.29 is 4.79 Å². The zero-order valence-corrected chi connectivity index (χ0v) is 10.7. The number of hydrogen-bond donors (Lipinski definition) is 2. The van der Waals surface area contributed by atoms with E-state index in [9.17, 15) is 4.79 Å². The van der Waals surface area contributed by atoms with Gasteiger partial charge in [0.25, 0.3) is 0 Å². The first-order chi connectivity index (χ1) is 6.54. The Morgan fingerprint density at radius 2 is 2.20 bits per heavy atom. The van der Waals surface area contributed by atoms with Gasteiger partial charge in [0, 0.05) is 17.3 Å². The first-order valence-corrected chi connectivity index (χ1v) is 5.31. The van der Waals surface area contributed by atoms with Gasteiger partial charge in [0.05, 0.1) is 5.69 Å². The van der Waals surface area contributed by atoms with Crippen molar-refractivity contribution in [2.45, 2.75) is 20.8 Å². The number of nitrogens with one attached hydrogen (secondary N) is 1. The average molecular weight is 250 g/mol. The summed E-state index contributed by atoms with van der Waals surface area (Å²) in [5.41, 5.74) is 6.35. The Kier molecular flexibility index (Phi) is 5.79. The van der Waals surface area contributed by atoms with E-state index in [4.69, 9.17) is 5.73 Å². The lowest BCUT2D eigenvalue weighted by atomic mass is 10.2. The summed E-state index contributed by atoms with van der Waals surface area (Å²) in [4.78, 5) is 16.8. The molecule has 6 heteroatoms. The van der Waals surface area contributed by atoms with Crippen LogP contribution in [0.5, 0.6) is 0 Å². The minimum atomic E-state index is -0.167. The second kappa shape index (κ2) is 6.05. The van der Waals surface area contributed by atoms with Crippen molar-refractivity contribution in [1.82, 2.24) is 4.98 Å². The van der Waals surface area contributed by atoms with Crippen molar-refractivity contribution >= 4 is 34.8 Å². The third kappa shape index (κ3) is 3.77. The summed E-state index contributed by atoms with van der Waals surface area (Å²) in [6.45, 7) is 6.06. The Morgan fingerprint density at radius 3 is 2.60 bits per heavy atom. The number of thiazole rings is 1. The third-order valence-corrected chi connectivity index (χ3v) is 3.05. The molecule has 1 amide bonds. The molecule has 1 aromatic rings. The topological polar surface area (TPSA) is 68.0 Å². The van der Waals surface area contributed by atoms with E-state index >= 15 is 0 Å². The Balaban J connectivity index is 0.00000196. The van der Waals surface area contributed by atoms with Gasteiger partial charge in [-0.3, -0.25) is 4.79 Å². The SMILES string of the molecule is Cc1nc(NC(=O)C(C)CN)sc1C.Cl. The summed E-state index contributed by atoms with van der Waals surface area (Å²) in [7, 11) is 0. The molecule has 0 spiro atoms. The van der Waals surface area contributed by atoms with Gasteiger partial charge in [-0.2, -0.15) is 0 Å². The molecule has 86 valence electrons. The van der Waals surface area contributed by atoms with Crippen LogP contribution in [0.25, 0.3) is 0 Å². The summed E-state index contributed by atoms with van der Waals surface area (Å²) in [5, 5.41) is 3.40. The lowest BCUT2D eigenvalue weighted by Crippen LogP contribution is -2.26. The van der Waals surface area contributed by atoms with Crippen LogP contribution in [0, 0.1) is 19.8 Å². The van der Waals surface area contributed by atoms with Crippen LogP contribution in [0.4, 0.5) is 5.13 Å². The molecule has 1 unspecified atom stereocenters. The number of aromatic nitrogens is 1. The van der Waals surface area contributed by atoms with Crippen LogP contribution in [0.15, 0.2) is 0 Å². The minimum absolute atomic E-state index is 0. The maximum atomic E-state index is 11.4. The molecule has 0 aliphatic heterocycles. The summed E-state index contributed by atoms with van der Waals surface area (Å²) >= 11 is 1.49. The fourth-order valence-corrected chi connectivity index (χ4v) is 1.68. The van der Waals surface area contributed by atoms with Crippen molar-refractivity contribution in [3.8, 4) is 0 Å². The van der Waals surface area contributed by atoms with E-state index in [1.807, 2.05) is 13.8 Å². The van der Waals surface area contributed by atoms with E-state index in [-0.39, 0.29) is 24.2 Å². The number of nitrogens with two attached hydrogens (primary N) is 1. The van der Waals surface area contributed by atoms with Gasteiger partial charge in [-0.15, -0.1) is 23.7 Å². The minimum Gasteiger partial charge on any atom is -0.330 e. The third-order valence-electron chi connectivity index (χ3n) is 2.06. The van der Waals surface area contributed by atoms with Gasteiger partial charge < -0.3 is 11.1 Å². The molecule has 15 heavy (non-hydrogen) atoms. The average Bonchev–Trinajstić information content (AvgIpc) is 2.44. The quantitative estimate of drug-likeness (QED) is 0.857. The number of nitrogens with zero attached hydrogens (tertiary/aromatic N) is 1. The number of rotatable bonds is 3. The van der Waals surface area contributed by atoms with Crippen molar-refractivity contribution in [1.29, 1.82) is 0 Å². The largest absolute Gasteiger partial charge is 0.330 e. The molecule has 0 bridgehead atoms. The fraction of sp³-hybridized carbons (Fsp3) is 0.556. The molecule has 1 rings (SSSR count). The second-order valence-corrected chi connectivity index (χ2v) is 4.49. The van der Waals surface area contributed by atoms with Crippen molar-refractivity contribution in [2.24, 2.45) is 11.7 Å². The highest BCUT2D eigenvalue weighted by Crippen LogP contribution is 2.21. The number of amides is 1. The van der Waals surface area contributed by atoms with Gasteiger partial charge in [0.1, 0.15) is 0 Å². The highest BCUT2D eigenvalue weighted by atomic mass is 35.5. The lowest BCUT2D eigenvalue weighted by Gasteiger charge is -2.06. The van der Waals surface area contributed by atoms with Gasteiger partial charge in [-0.1, -0.05) is 6.92 Å². The van der Waals surface area contributed by atoms with E-state index in [0.717, 1.165) is 10.6 Å². The van der Waals surface area contributed by atoms with Crippen molar-refractivity contribution in [3.63, 3.8) is 0 Å². The maximum Gasteiger partial charge on any atom is 0.230 e.